The van der Waals surface area contributed by atoms with Crippen LogP contribution in [-0.2, 0) is 35.4 Å². The lowest BCUT2D eigenvalue weighted by molar-refractivity contribution is -0.111. The van der Waals surface area contributed by atoms with Gasteiger partial charge in [0.25, 0.3) is 0 Å². The van der Waals surface area contributed by atoms with Crippen LogP contribution in [0, 0.1) is 5.82 Å². The number of carbonyl (C=O) groups excluding carboxylic acids is 1. The highest BCUT2D eigenvalue weighted by molar-refractivity contribution is 7.84. The van der Waals surface area contributed by atoms with Crippen LogP contribution in [0.5, 0.6) is 0 Å². The summed E-state index contributed by atoms with van der Waals surface area (Å²) in [5, 5.41) is 18.3. The predicted octanol–water partition coefficient (Wildman–Crippen LogP) is 2.71. The Balaban J connectivity index is 1.40. The van der Waals surface area contributed by atoms with E-state index in [9.17, 15) is 13.4 Å². The van der Waals surface area contributed by atoms with Crippen molar-refractivity contribution in [3.05, 3.63) is 77.7 Å². The van der Waals surface area contributed by atoms with Crippen molar-refractivity contribution in [2.24, 2.45) is 14.1 Å². The highest BCUT2D eigenvalue weighted by atomic mass is 32.2. The Morgan fingerprint density at radius 2 is 1.82 bits per heavy atom. The van der Waals surface area contributed by atoms with E-state index in [4.69, 9.17) is 0 Å². The van der Waals surface area contributed by atoms with Gasteiger partial charge in [0.05, 0.1) is 28.4 Å². The molecule has 0 aliphatic carbocycles. The molecule has 2 aromatic carbocycles. The summed E-state index contributed by atoms with van der Waals surface area (Å²) in [6, 6.07) is 13.1. The first-order valence-corrected chi connectivity index (χ1v) is 11.2. The third kappa shape index (κ3) is 5.26. The average molecular weight is 466 g/mol. The molecule has 4 rings (SSSR count). The van der Waals surface area contributed by atoms with Crippen LogP contribution in [0.3, 0.4) is 0 Å². The number of tetrazole rings is 1. The number of nitrogens with zero attached hydrogens (tertiary/aromatic N) is 6. The monoisotopic (exact) mass is 465 g/mol. The van der Waals surface area contributed by atoms with E-state index >= 15 is 0 Å². The molecule has 0 aliphatic heterocycles. The molecular weight excluding hydrogens is 445 g/mol. The fourth-order valence-corrected chi connectivity index (χ4v) is 4.28. The van der Waals surface area contributed by atoms with E-state index in [1.807, 2.05) is 0 Å². The molecule has 9 nitrogen and oxygen atoms in total. The van der Waals surface area contributed by atoms with Crippen LogP contribution in [0.25, 0.3) is 17.3 Å². The first-order valence-electron chi connectivity index (χ1n) is 9.87. The van der Waals surface area contributed by atoms with Crippen LogP contribution in [0.1, 0.15) is 11.1 Å². The lowest BCUT2D eigenvalue weighted by Crippen LogP contribution is -2.08. The van der Waals surface area contributed by atoms with Gasteiger partial charge in [-0.1, -0.05) is 17.2 Å². The summed E-state index contributed by atoms with van der Waals surface area (Å²) in [6.45, 7) is 0. The summed E-state index contributed by atoms with van der Waals surface area (Å²) < 4.78 is 28.7. The number of nitrogens with one attached hydrogen (secondary N) is 1. The molecule has 1 amide bonds. The second-order valence-corrected chi connectivity index (χ2v) is 8.52. The van der Waals surface area contributed by atoms with E-state index in [1.54, 1.807) is 67.4 Å². The van der Waals surface area contributed by atoms with Crippen molar-refractivity contribution in [3.63, 3.8) is 0 Å². The number of hydrogen-bond acceptors (Lipinski definition) is 6. The number of aryl methyl sites for hydroxylation is 2. The minimum absolute atomic E-state index is 0.259. The number of aromatic nitrogens is 6. The standard InChI is InChI=1S/C22H20FN7O2S/c1-29-21(16-5-8-18(23)9-6-16)17(13-24-29)7-12-20(31)25-19-10-3-15(4-11-19)14-33(32)22-26-27-28-30(22)2/h3-13H,14H2,1-2H3,(H,25,31)/b12-7+. The normalized spacial score (nSPS) is 12.2. The fraction of sp³-hybridized carbons (Fsp3) is 0.136. The molecule has 4 aromatic rings. The number of halogens is 1. The van der Waals surface area contributed by atoms with Crippen LogP contribution in [0.2, 0.25) is 0 Å². The van der Waals surface area contributed by atoms with Crippen molar-refractivity contribution in [1.82, 2.24) is 30.0 Å². The van der Waals surface area contributed by atoms with Gasteiger partial charge in [-0.05, 0) is 58.5 Å². The SMILES string of the molecule is Cn1nnnc1S(=O)Cc1ccc(NC(=O)/C=C/c2cnn(C)c2-c2ccc(F)cc2)cc1. The molecule has 1 N–H and O–H groups in total. The zero-order valence-corrected chi connectivity index (χ0v) is 18.7. The van der Waals surface area contributed by atoms with Gasteiger partial charge in [0, 0.05) is 37.0 Å². The Hall–Kier alpha value is -3.99. The molecule has 0 radical (unpaired) electrons. The molecule has 0 aliphatic rings. The molecule has 0 spiro atoms. The van der Waals surface area contributed by atoms with Crippen LogP contribution >= 0.6 is 0 Å². The second kappa shape index (κ2) is 9.65. The summed E-state index contributed by atoms with van der Waals surface area (Å²) in [5.74, 6) is -0.374. The van der Waals surface area contributed by atoms with Gasteiger partial charge in [-0.15, -0.1) is 0 Å². The van der Waals surface area contributed by atoms with Crippen molar-refractivity contribution in [3.8, 4) is 11.3 Å². The van der Waals surface area contributed by atoms with Gasteiger partial charge >= 0.3 is 0 Å². The zero-order chi connectivity index (χ0) is 23.4. The molecule has 0 fully saturated rings. The number of amides is 1. The smallest absolute Gasteiger partial charge is 0.248 e. The Morgan fingerprint density at radius 1 is 1.09 bits per heavy atom. The highest BCUT2D eigenvalue weighted by Gasteiger charge is 2.12. The Bertz CT molecular complexity index is 1330. The maximum atomic E-state index is 13.2. The maximum absolute atomic E-state index is 13.2. The molecule has 33 heavy (non-hydrogen) atoms. The Morgan fingerprint density at radius 3 is 2.48 bits per heavy atom. The molecule has 2 heterocycles. The molecule has 11 heteroatoms. The summed E-state index contributed by atoms with van der Waals surface area (Å²) in [6.07, 6.45) is 4.71. The van der Waals surface area contributed by atoms with Crippen LogP contribution < -0.4 is 5.32 Å². The molecule has 2 aromatic heterocycles. The fourth-order valence-electron chi connectivity index (χ4n) is 3.20. The van der Waals surface area contributed by atoms with Crippen molar-refractivity contribution < 1.29 is 13.4 Å². The molecule has 0 bridgehead atoms. The highest BCUT2D eigenvalue weighted by Crippen LogP contribution is 2.24. The lowest BCUT2D eigenvalue weighted by Gasteiger charge is -2.05. The van der Waals surface area contributed by atoms with Gasteiger partial charge in [0.15, 0.2) is 0 Å². The van der Waals surface area contributed by atoms with Gasteiger partial charge in [-0.25, -0.2) is 9.07 Å². The number of anilines is 1. The van der Waals surface area contributed by atoms with Gasteiger partial charge in [-0.3, -0.25) is 13.7 Å². The molecule has 0 saturated carbocycles. The molecular formula is C22H20FN7O2S. The summed E-state index contributed by atoms with van der Waals surface area (Å²) in [5.41, 5.74) is 3.72. The minimum Gasteiger partial charge on any atom is -0.323 e. The first-order chi connectivity index (χ1) is 15.9. The van der Waals surface area contributed by atoms with Crippen molar-refractivity contribution in [2.45, 2.75) is 10.9 Å². The Labute approximate surface area is 191 Å². The molecule has 0 saturated heterocycles. The zero-order valence-electron chi connectivity index (χ0n) is 17.8. The third-order valence-corrected chi connectivity index (χ3v) is 6.15. The predicted molar refractivity (Wildman–Crippen MR) is 122 cm³/mol. The van der Waals surface area contributed by atoms with Gasteiger partial charge < -0.3 is 5.32 Å². The quantitative estimate of drug-likeness (QED) is 0.421. The van der Waals surface area contributed by atoms with Crippen molar-refractivity contribution >= 4 is 28.5 Å². The van der Waals surface area contributed by atoms with E-state index in [2.05, 4.69) is 25.9 Å². The van der Waals surface area contributed by atoms with Crippen LogP contribution in [0.15, 0.2) is 66.0 Å². The van der Waals surface area contributed by atoms with E-state index in [0.29, 0.717) is 10.8 Å². The maximum Gasteiger partial charge on any atom is 0.248 e. The van der Waals surface area contributed by atoms with Crippen molar-refractivity contribution in [1.29, 1.82) is 0 Å². The third-order valence-electron chi connectivity index (χ3n) is 4.80. The van der Waals surface area contributed by atoms with Crippen molar-refractivity contribution in [2.75, 3.05) is 5.32 Å². The number of hydrogen-bond donors (Lipinski definition) is 1. The van der Waals surface area contributed by atoms with Crippen LogP contribution in [0.4, 0.5) is 10.1 Å². The Kier molecular flexibility index (Phi) is 6.50. The first kappa shape index (κ1) is 22.2. The van der Waals surface area contributed by atoms with Crippen LogP contribution in [-0.4, -0.2) is 40.1 Å². The van der Waals surface area contributed by atoms with Gasteiger partial charge in [0.1, 0.15) is 5.82 Å². The van der Waals surface area contributed by atoms with E-state index in [0.717, 1.165) is 22.4 Å². The molecule has 1 atom stereocenters. The summed E-state index contributed by atoms with van der Waals surface area (Å²) >= 11 is 0. The number of rotatable bonds is 7. The minimum atomic E-state index is -1.37. The van der Waals surface area contributed by atoms with E-state index in [1.165, 1.54) is 22.9 Å². The largest absolute Gasteiger partial charge is 0.323 e. The lowest BCUT2D eigenvalue weighted by atomic mass is 10.1. The van der Waals surface area contributed by atoms with Gasteiger partial charge in [-0.2, -0.15) is 5.10 Å². The summed E-state index contributed by atoms with van der Waals surface area (Å²) in [7, 11) is 2.04. The van der Waals surface area contributed by atoms with E-state index in [-0.39, 0.29) is 17.5 Å². The number of carbonyl (C=O) groups is 1. The van der Waals surface area contributed by atoms with Gasteiger partial charge in [0.2, 0.25) is 11.1 Å². The van der Waals surface area contributed by atoms with E-state index < -0.39 is 10.8 Å². The molecule has 168 valence electrons. The molecule has 1 unspecified atom stereocenters. The average Bonchev–Trinajstić information content (AvgIpc) is 3.39. The topological polar surface area (TPSA) is 108 Å². The summed E-state index contributed by atoms with van der Waals surface area (Å²) in [4.78, 5) is 12.4. The second-order valence-electron chi connectivity index (χ2n) is 7.17. The number of benzene rings is 2.